The maximum absolute atomic E-state index is 13.1. The number of carbonyl (C=O) groups is 2. The van der Waals surface area contributed by atoms with E-state index in [9.17, 15) is 9.59 Å². The van der Waals surface area contributed by atoms with Crippen molar-refractivity contribution in [3.05, 3.63) is 69.7 Å². The van der Waals surface area contributed by atoms with E-state index in [4.69, 9.17) is 0 Å². The van der Waals surface area contributed by atoms with Crippen LogP contribution in [0.3, 0.4) is 0 Å². The van der Waals surface area contributed by atoms with Gasteiger partial charge in [0, 0.05) is 17.9 Å². The number of nitrogens with one attached hydrogen (secondary N) is 1. The van der Waals surface area contributed by atoms with Gasteiger partial charge in [-0.05, 0) is 54.0 Å². The fraction of sp³-hybridized carbons (Fsp3) is 0.417. The lowest BCUT2D eigenvalue weighted by Crippen LogP contribution is -2.42. The van der Waals surface area contributed by atoms with Gasteiger partial charge in [0.2, 0.25) is 11.8 Å². The van der Waals surface area contributed by atoms with Gasteiger partial charge in [-0.3, -0.25) is 9.59 Å². The summed E-state index contributed by atoms with van der Waals surface area (Å²) in [5.74, 6) is 0.529. The standard InChI is InChI=1S/C24H27BrN2O2/c1-16(28)27-14-13-17-5-2-3-8-21(17)22(27)15-23(29)26-24(18-6-4-7-18)19-9-11-20(25)12-10-19/h2-3,5,8-12,18,22,24H,4,6-7,13-15H2,1H3,(H,26,29). The third kappa shape index (κ3) is 4.40. The summed E-state index contributed by atoms with van der Waals surface area (Å²) in [5, 5.41) is 3.30. The van der Waals surface area contributed by atoms with Crippen molar-refractivity contribution in [1.29, 1.82) is 0 Å². The predicted molar refractivity (Wildman–Crippen MR) is 117 cm³/mol. The van der Waals surface area contributed by atoms with E-state index in [0.717, 1.165) is 34.9 Å². The highest BCUT2D eigenvalue weighted by Gasteiger charge is 2.33. The van der Waals surface area contributed by atoms with Gasteiger partial charge in [-0.2, -0.15) is 0 Å². The second kappa shape index (κ2) is 8.70. The Hall–Kier alpha value is -2.14. The molecule has 0 radical (unpaired) electrons. The van der Waals surface area contributed by atoms with Crippen LogP contribution in [0.1, 0.15) is 61.4 Å². The molecule has 1 fully saturated rings. The van der Waals surface area contributed by atoms with E-state index >= 15 is 0 Å². The summed E-state index contributed by atoms with van der Waals surface area (Å²) in [6, 6.07) is 16.3. The molecular formula is C24H27BrN2O2. The Kier molecular flexibility index (Phi) is 6.04. The van der Waals surface area contributed by atoms with Crippen LogP contribution in [0.15, 0.2) is 53.0 Å². The van der Waals surface area contributed by atoms with Crippen molar-refractivity contribution in [2.75, 3.05) is 6.54 Å². The van der Waals surface area contributed by atoms with Gasteiger partial charge < -0.3 is 10.2 Å². The van der Waals surface area contributed by atoms with Gasteiger partial charge in [0.15, 0.2) is 0 Å². The highest BCUT2D eigenvalue weighted by atomic mass is 79.9. The van der Waals surface area contributed by atoms with Gasteiger partial charge in [0.25, 0.3) is 0 Å². The monoisotopic (exact) mass is 454 g/mol. The number of benzene rings is 2. The molecule has 0 saturated heterocycles. The molecule has 2 atom stereocenters. The molecule has 2 unspecified atom stereocenters. The first-order chi connectivity index (χ1) is 14.0. The molecule has 4 nitrogen and oxygen atoms in total. The summed E-state index contributed by atoms with van der Waals surface area (Å²) in [5.41, 5.74) is 3.50. The molecule has 5 heteroatoms. The van der Waals surface area contributed by atoms with Crippen LogP contribution in [0.25, 0.3) is 0 Å². The summed E-state index contributed by atoms with van der Waals surface area (Å²) in [6.07, 6.45) is 4.66. The third-order valence-corrected chi connectivity index (χ3v) is 6.89. The first kappa shape index (κ1) is 20.1. The molecule has 2 amide bonds. The number of amides is 2. The van der Waals surface area contributed by atoms with E-state index in [1.807, 2.05) is 29.2 Å². The molecule has 0 spiro atoms. The molecule has 0 bridgehead atoms. The zero-order valence-electron chi connectivity index (χ0n) is 16.7. The van der Waals surface area contributed by atoms with E-state index in [0.29, 0.717) is 18.9 Å². The van der Waals surface area contributed by atoms with E-state index in [1.165, 1.54) is 12.0 Å². The van der Waals surface area contributed by atoms with Gasteiger partial charge in [-0.1, -0.05) is 58.7 Å². The summed E-state index contributed by atoms with van der Waals surface area (Å²) in [7, 11) is 0. The summed E-state index contributed by atoms with van der Waals surface area (Å²) in [6.45, 7) is 2.26. The summed E-state index contributed by atoms with van der Waals surface area (Å²) in [4.78, 5) is 27.2. The number of halogens is 1. The van der Waals surface area contributed by atoms with Crippen LogP contribution in [-0.2, 0) is 16.0 Å². The van der Waals surface area contributed by atoms with Crippen molar-refractivity contribution in [3.8, 4) is 0 Å². The highest BCUT2D eigenvalue weighted by molar-refractivity contribution is 9.10. The molecule has 1 aliphatic carbocycles. The highest BCUT2D eigenvalue weighted by Crippen LogP contribution is 2.39. The molecule has 0 aromatic heterocycles. The number of carbonyl (C=O) groups excluding carboxylic acids is 2. The quantitative estimate of drug-likeness (QED) is 0.694. The lowest BCUT2D eigenvalue weighted by molar-refractivity contribution is -0.133. The van der Waals surface area contributed by atoms with Gasteiger partial charge >= 0.3 is 0 Å². The molecular weight excluding hydrogens is 428 g/mol. The van der Waals surface area contributed by atoms with E-state index in [2.05, 4.69) is 45.5 Å². The first-order valence-electron chi connectivity index (χ1n) is 10.4. The summed E-state index contributed by atoms with van der Waals surface area (Å²) < 4.78 is 1.04. The summed E-state index contributed by atoms with van der Waals surface area (Å²) >= 11 is 3.49. The van der Waals surface area contributed by atoms with Gasteiger partial charge in [0.1, 0.15) is 0 Å². The number of fused-ring (bicyclic) bond motifs is 1. The minimum absolute atomic E-state index is 0.0118. The predicted octanol–water partition coefficient (Wildman–Crippen LogP) is 4.94. The van der Waals surface area contributed by atoms with E-state index in [-0.39, 0.29) is 23.9 Å². The molecule has 4 rings (SSSR count). The Morgan fingerprint density at radius 1 is 1.14 bits per heavy atom. The lowest BCUT2D eigenvalue weighted by atomic mass is 9.77. The van der Waals surface area contributed by atoms with E-state index in [1.54, 1.807) is 6.92 Å². The Labute approximate surface area is 180 Å². The Balaban J connectivity index is 1.53. The van der Waals surface area contributed by atoms with Gasteiger partial charge in [-0.25, -0.2) is 0 Å². The normalized spacial score (nSPS) is 19.8. The molecule has 1 heterocycles. The van der Waals surface area contributed by atoms with Crippen LogP contribution >= 0.6 is 15.9 Å². The number of nitrogens with zero attached hydrogens (tertiary/aromatic N) is 1. The van der Waals surface area contributed by atoms with Crippen LogP contribution in [0.5, 0.6) is 0 Å². The smallest absolute Gasteiger partial charge is 0.222 e. The average Bonchev–Trinajstić information content (AvgIpc) is 2.66. The number of hydrogen-bond donors (Lipinski definition) is 1. The molecule has 2 aromatic rings. The van der Waals surface area contributed by atoms with Crippen LogP contribution < -0.4 is 5.32 Å². The molecule has 2 aliphatic rings. The zero-order chi connectivity index (χ0) is 20.4. The minimum atomic E-state index is -0.190. The van der Waals surface area contributed by atoms with Crippen LogP contribution in [-0.4, -0.2) is 23.3 Å². The molecule has 1 aliphatic heterocycles. The SMILES string of the molecule is CC(=O)N1CCc2ccccc2C1CC(=O)NC(c1ccc(Br)cc1)C1CCC1. The number of hydrogen-bond acceptors (Lipinski definition) is 2. The Bertz CT molecular complexity index is 892. The molecule has 2 aromatic carbocycles. The molecule has 1 N–H and O–H groups in total. The Morgan fingerprint density at radius 3 is 2.52 bits per heavy atom. The van der Waals surface area contributed by atoms with Crippen LogP contribution in [0.2, 0.25) is 0 Å². The fourth-order valence-electron chi connectivity index (χ4n) is 4.57. The van der Waals surface area contributed by atoms with Crippen LogP contribution in [0, 0.1) is 5.92 Å². The average molecular weight is 455 g/mol. The lowest BCUT2D eigenvalue weighted by Gasteiger charge is -2.38. The maximum atomic E-state index is 13.1. The first-order valence-corrected chi connectivity index (χ1v) is 11.2. The second-order valence-corrected chi connectivity index (χ2v) is 9.08. The second-order valence-electron chi connectivity index (χ2n) is 8.17. The topological polar surface area (TPSA) is 49.4 Å². The van der Waals surface area contributed by atoms with E-state index < -0.39 is 0 Å². The third-order valence-electron chi connectivity index (χ3n) is 6.36. The van der Waals surface area contributed by atoms with Gasteiger partial charge in [0.05, 0.1) is 18.5 Å². The molecule has 29 heavy (non-hydrogen) atoms. The minimum Gasteiger partial charge on any atom is -0.349 e. The number of rotatable bonds is 5. The molecule has 1 saturated carbocycles. The fourth-order valence-corrected chi connectivity index (χ4v) is 4.84. The van der Waals surface area contributed by atoms with Crippen molar-refractivity contribution >= 4 is 27.7 Å². The van der Waals surface area contributed by atoms with Crippen molar-refractivity contribution in [1.82, 2.24) is 10.2 Å². The molecule has 152 valence electrons. The van der Waals surface area contributed by atoms with Crippen molar-refractivity contribution < 1.29 is 9.59 Å². The van der Waals surface area contributed by atoms with Crippen molar-refractivity contribution in [3.63, 3.8) is 0 Å². The van der Waals surface area contributed by atoms with Crippen molar-refractivity contribution in [2.24, 2.45) is 5.92 Å². The Morgan fingerprint density at radius 2 is 1.86 bits per heavy atom. The zero-order valence-corrected chi connectivity index (χ0v) is 18.3. The van der Waals surface area contributed by atoms with Gasteiger partial charge in [-0.15, -0.1) is 0 Å². The van der Waals surface area contributed by atoms with Crippen molar-refractivity contribution in [2.45, 2.75) is 51.1 Å². The maximum Gasteiger partial charge on any atom is 0.222 e. The largest absolute Gasteiger partial charge is 0.349 e. The van der Waals surface area contributed by atoms with Crippen LogP contribution in [0.4, 0.5) is 0 Å².